The molecule has 0 atom stereocenters. The minimum Gasteiger partial charge on any atom is -0.445 e. The maximum Gasteiger partial charge on any atom is 0.410 e. The van der Waals surface area contributed by atoms with Gasteiger partial charge in [0.2, 0.25) is 0 Å². The number of carbonyl (C=O) groups is 1. The van der Waals surface area contributed by atoms with Crippen LogP contribution in [0.5, 0.6) is 0 Å². The zero-order valence-corrected chi connectivity index (χ0v) is 14.7. The highest BCUT2D eigenvalue weighted by atomic mass is 16.6. The molecule has 0 bridgehead atoms. The van der Waals surface area contributed by atoms with Crippen molar-refractivity contribution in [2.75, 3.05) is 52.9 Å². The van der Waals surface area contributed by atoms with E-state index in [4.69, 9.17) is 4.74 Å². The molecule has 2 aliphatic rings. The van der Waals surface area contributed by atoms with Gasteiger partial charge in [0.15, 0.2) is 0 Å². The normalized spacial score (nSPS) is 21.0. The lowest BCUT2D eigenvalue weighted by Gasteiger charge is -2.37. The molecule has 5 nitrogen and oxygen atoms in total. The average Bonchev–Trinajstić information content (AvgIpc) is 2.63. The van der Waals surface area contributed by atoms with Gasteiger partial charge in [-0.25, -0.2) is 4.79 Å². The molecule has 0 radical (unpaired) electrons. The summed E-state index contributed by atoms with van der Waals surface area (Å²) in [6, 6.07) is 9.86. The number of piperazine rings is 1. The Balaban J connectivity index is 1.36. The van der Waals surface area contributed by atoms with Crippen molar-refractivity contribution in [1.82, 2.24) is 14.7 Å². The minimum atomic E-state index is -0.170. The quantitative estimate of drug-likeness (QED) is 0.848. The Kier molecular flexibility index (Phi) is 6.10. The van der Waals surface area contributed by atoms with E-state index in [0.717, 1.165) is 31.5 Å². The van der Waals surface area contributed by atoms with Crippen LogP contribution in [0.1, 0.15) is 18.4 Å². The number of hydrogen-bond donors (Lipinski definition) is 0. The highest BCUT2D eigenvalue weighted by molar-refractivity contribution is 5.67. The summed E-state index contributed by atoms with van der Waals surface area (Å²) in [5, 5.41) is 0. The first-order chi connectivity index (χ1) is 11.7. The molecule has 1 aromatic rings. The summed E-state index contributed by atoms with van der Waals surface area (Å²) in [5.74, 6) is 0.714. The van der Waals surface area contributed by atoms with E-state index in [9.17, 15) is 4.79 Å². The van der Waals surface area contributed by atoms with Crippen LogP contribution >= 0.6 is 0 Å². The summed E-state index contributed by atoms with van der Waals surface area (Å²) >= 11 is 0. The van der Waals surface area contributed by atoms with E-state index in [1.807, 2.05) is 35.2 Å². The maximum atomic E-state index is 12.2. The average molecular weight is 331 g/mol. The van der Waals surface area contributed by atoms with Crippen LogP contribution in [0.2, 0.25) is 0 Å². The van der Waals surface area contributed by atoms with Crippen molar-refractivity contribution in [3.05, 3.63) is 35.9 Å². The van der Waals surface area contributed by atoms with Gasteiger partial charge in [0.05, 0.1) is 0 Å². The SMILES string of the molecule is CN1CCN(CC2CCN(C(=O)OCc3ccccc3)CC2)CC1. The summed E-state index contributed by atoms with van der Waals surface area (Å²) < 4.78 is 5.44. The highest BCUT2D eigenvalue weighted by Crippen LogP contribution is 2.20. The molecule has 2 heterocycles. The Hall–Kier alpha value is -1.59. The van der Waals surface area contributed by atoms with E-state index in [1.165, 1.54) is 32.7 Å². The number of ether oxygens (including phenoxy) is 1. The molecule has 2 fully saturated rings. The molecule has 0 unspecified atom stereocenters. The summed E-state index contributed by atoms with van der Waals surface area (Å²) in [6.07, 6.45) is 2.01. The van der Waals surface area contributed by atoms with E-state index in [0.29, 0.717) is 12.5 Å². The molecule has 2 aliphatic heterocycles. The standard InChI is InChI=1S/C19H29N3O2/c1-20-11-13-21(14-12-20)15-17-7-9-22(10-8-17)19(23)24-16-18-5-3-2-4-6-18/h2-6,17H,7-16H2,1H3. The van der Waals surface area contributed by atoms with Crippen molar-refractivity contribution in [3.8, 4) is 0 Å². The van der Waals surface area contributed by atoms with Crippen LogP contribution in [0, 0.1) is 5.92 Å². The third kappa shape index (κ3) is 4.95. The predicted molar refractivity (Wildman–Crippen MR) is 94.9 cm³/mol. The number of piperidine rings is 1. The Morgan fingerprint density at radius 1 is 1.04 bits per heavy atom. The summed E-state index contributed by atoms with van der Waals surface area (Å²) in [7, 11) is 2.19. The van der Waals surface area contributed by atoms with Gasteiger partial charge in [-0.2, -0.15) is 0 Å². The van der Waals surface area contributed by atoms with Gasteiger partial charge in [-0.3, -0.25) is 0 Å². The first-order valence-corrected chi connectivity index (χ1v) is 9.07. The molecule has 24 heavy (non-hydrogen) atoms. The number of hydrogen-bond acceptors (Lipinski definition) is 4. The van der Waals surface area contributed by atoms with Crippen LogP contribution in [0.25, 0.3) is 0 Å². The second-order valence-corrected chi connectivity index (χ2v) is 7.07. The minimum absolute atomic E-state index is 0.170. The molecule has 132 valence electrons. The molecule has 0 aliphatic carbocycles. The molecular formula is C19H29N3O2. The van der Waals surface area contributed by atoms with Gasteiger partial charge in [0.25, 0.3) is 0 Å². The second kappa shape index (κ2) is 8.49. The van der Waals surface area contributed by atoms with E-state index >= 15 is 0 Å². The van der Waals surface area contributed by atoms with Crippen molar-refractivity contribution in [2.45, 2.75) is 19.4 Å². The van der Waals surface area contributed by atoms with Crippen molar-refractivity contribution < 1.29 is 9.53 Å². The number of nitrogens with zero attached hydrogens (tertiary/aromatic N) is 3. The zero-order valence-electron chi connectivity index (χ0n) is 14.7. The van der Waals surface area contributed by atoms with Crippen LogP contribution in [-0.4, -0.2) is 73.7 Å². The number of rotatable bonds is 4. The Morgan fingerprint density at radius 2 is 1.71 bits per heavy atom. The first kappa shape index (κ1) is 17.2. The molecule has 0 spiro atoms. The molecule has 0 aromatic heterocycles. The number of amides is 1. The highest BCUT2D eigenvalue weighted by Gasteiger charge is 2.26. The van der Waals surface area contributed by atoms with Gasteiger partial charge in [0.1, 0.15) is 6.61 Å². The number of carbonyl (C=O) groups excluding carboxylic acids is 1. The molecule has 1 aromatic carbocycles. The summed E-state index contributed by atoms with van der Waals surface area (Å²) in [4.78, 5) is 19.0. The van der Waals surface area contributed by atoms with Crippen molar-refractivity contribution in [1.29, 1.82) is 0 Å². The van der Waals surface area contributed by atoms with E-state index in [1.54, 1.807) is 0 Å². The second-order valence-electron chi connectivity index (χ2n) is 7.07. The van der Waals surface area contributed by atoms with Gasteiger partial charge in [0, 0.05) is 45.8 Å². The Labute approximate surface area is 145 Å². The molecule has 0 N–H and O–H groups in total. The lowest BCUT2D eigenvalue weighted by Crippen LogP contribution is -2.48. The van der Waals surface area contributed by atoms with Crippen molar-refractivity contribution in [3.63, 3.8) is 0 Å². The predicted octanol–water partition coefficient (Wildman–Crippen LogP) is 2.28. The van der Waals surface area contributed by atoms with Crippen LogP contribution in [0.4, 0.5) is 4.79 Å². The van der Waals surface area contributed by atoms with E-state index in [-0.39, 0.29) is 6.09 Å². The van der Waals surface area contributed by atoms with Gasteiger partial charge < -0.3 is 19.4 Å². The molecule has 1 amide bonds. The van der Waals surface area contributed by atoms with Crippen LogP contribution < -0.4 is 0 Å². The number of likely N-dealkylation sites (N-methyl/N-ethyl adjacent to an activating group) is 1. The van der Waals surface area contributed by atoms with Crippen LogP contribution in [0.3, 0.4) is 0 Å². The molecular weight excluding hydrogens is 302 g/mol. The van der Waals surface area contributed by atoms with Crippen molar-refractivity contribution >= 4 is 6.09 Å². The molecule has 5 heteroatoms. The molecule has 0 saturated carbocycles. The lowest BCUT2D eigenvalue weighted by molar-refractivity contribution is 0.0719. The number of likely N-dealkylation sites (tertiary alicyclic amines) is 1. The largest absolute Gasteiger partial charge is 0.445 e. The van der Waals surface area contributed by atoms with E-state index in [2.05, 4.69) is 16.8 Å². The van der Waals surface area contributed by atoms with Crippen molar-refractivity contribution in [2.24, 2.45) is 5.92 Å². The maximum absolute atomic E-state index is 12.2. The lowest BCUT2D eigenvalue weighted by atomic mass is 9.96. The summed E-state index contributed by atoms with van der Waals surface area (Å²) in [5.41, 5.74) is 1.04. The summed E-state index contributed by atoms with van der Waals surface area (Å²) in [6.45, 7) is 7.89. The van der Waals surface area contributed by atoms with Gasteiger partial charge in [-0.15, -0.1) is 0 Å². The smallest absolute Gasteiger partial charge is 0.410 e. The zero-order chi connectivity index (χ0) is 16.8. The van der Waals surface area contributed by atoms with Gasteiger partial charge >= 0.3 is 6.09 Å². The third-order valence-electron chi connectivity index (χ3n) is 5.19. The topological polar surface area (TPSA) is 36.0 Å². The number of benzene rings is 1. The fourth-order valence-electron chi connectivity index (χ4n) is 3.50. The Bertz CT molecular complexity index is 507. The fraction of sp³-hybridized carbons (Fsp3) is 0.632. The molecule has 2 saturated heterocycles. The van der Waals surface area contributed by atoms with Gasteiger partial charge in [-0.05, 0) is 31.4 Å². The van der Waals surface area contributed by atoms with Crippen LogP contribution in [0.15, 0.2) is 30.3 Å². The van der Waals surface area contributed by atoms with E-state index < -0.39 is 0 Å². The van der Waals surface area contributed by atoms with Gasteiger partial charge in [-0.1, -0.05) is 30.3 Å². The third-order valence-corrected chi connectivity index (χ3v) is 5.19. The first-order valence-electron chi connectivity index (χ1n) is 9.07. The monoisotopic (exact) mass is 331 g/mol. The fourth-order valence-corrected chi connectivity index (χ4v) is 3.50. The van der Waals surface area contributed by atoms with Crippen LogP contribution in [-0.2, 0) is 11.3 Å². The Morgan fingerprint density at radius 3 is 2.38 bits per heavy atom. The molecule has 3 rings (SSSR count).